The largest absolute Gasteiger partial charge is 0.291 e. The number of rotatable bonds is 5. The van der Waals surface area contributed by atoms with Crippen LogP contribution in [-0.2, 0) is 0 Å². The summed E-state index contributed by atoms with van der Waals surface area (Å²) in [5.74, 6) is 0. The van der Waals surface area contributed by atoms with Crippen molar-refractivity contribution in [1.29, 1.82) is 0 Å². The van der Waals surface area contributed by atoms with Crippen molar-refractivity contribution in [2.45, 2.75) is 25.5 Å². The molecule has 1 unspecified atom stereocenters. The van der Waals surface area contributed by atoms with E-state index >= 15 is 0 Å². The lowest BCUT2D eigenvalue weighted by Crippen LogP contribution is -2.55. The van der Waals surface area contributed by atoms with E-state index in [1.54, 1.807) is 0 Å². The van der Waals surface area contributed by atoms with Gasteiger partial charge in [-0.2, -0.15) is 0 Å². The van der Waals surface area contributed by atoms with Crippen molar-refractivity contribution in [2.75, 3.05) is 19.6 Å². The van der Waals surface area contributed by atoms with E-state index in [9.17, 15) is 0 Å². The number of alkyl halides is 1. The van der Waals surface area contributed by atoms with E-state index in [1.807, 2.05) is 0 Å². The van der Waals surface area contributed by atoms with Gasteiger partial charge in [0.2, 0.25) is 0 Å². The van der Waals surface area contributed by atoms with Gasteiger partial charge in [-0.05, 0) is 19.6 Å². The fourth-order valence-corrected chi connectivity index (χ4v) is 2.61. The molecule has 0 fully saturated rings. The molecule has 0 bridgehead atoms. The van der Waals surface area contributed by atoms with Crippen LogP contribution in [0.25, 0.3) is 0 Å². The summed E-state index contributed by atoms with van der Waals surface area (Å²) < 4.78 is -0.238. The minimum Gasteiger partial charge on any atom is -0.291 e. The van der Waals surface area contributed by atoms with Crippen LogP contribution in [0.1, 0.15) is 20.8 Å². The van der Waals surface area contributed by atoms with Crippen LogP contribution in [-0.4, -0.2) is 39.5 Å². The molecule has 0 radical (unpaired) electrons. The van der Waals surface area contributed by atoms with Crippen LogP contribution in [0.15, 0.2) is 0 Å². The van der Waals surface area contributed by atoms with Gasteiger partial charge in [0, 0.05) is 0 Å². The molecular weight excluding hydrogens is 176 g/mol. The maximum absolute atomic E-state index is 6.28. The minimum absolute atomic E-state index is 0.238. The Labute approximate surface area is 77.7 Å². The third-order valence-corrected chi connectivity index (χ3v) is 3.22. The van der Waals surface area contributed by atoms with Crippen molar-refractivity contribution in [3.63, 3.8) is 0 Å². The second kappa shape index (κ2) is 5.14. The van der Waals surface area contributed by atoms with Crippen molar-refractivity contribution < 1.29 is 0 Å². The van der Waals surface area contributed by atoms with E-state index in [-0.39, 0.29) is 4.75 Å². The highest BCUT2D eigenvalue weighted by atomic mass is 35.5. The van der Waals surface area contributed by atoms with Gasteiger partial charge >= 0.3 is 0 Å². The zero-order valence-corrected chi connectivity index (χ0v) is 10.7. The molecule has 1 atom stereocenters. The molecule has 0 spiro atoms. The molecule has 0 amide bonds. The summed E-state index contributed by atoms with van der Waals surface area (Å²) in [6.45, 7) is 9.31. The predicted octanol–water partition coefficient (Wildman–Crippen LogP) is 0.153. The molecule has 0 aliphatic carbocycles. The van der Waals surface area contributed by atoms with E-state index in [2.05, 4.69) is 31.0 Å². The quantitative estimate of drug-likeness (QED) is 0.290. The van der Waals surface area contributed by atoms with E-state index in [0.717, 1.165) is 29.9 Å². The van der Waals surface area contributed by atoms with Crippen molar-refractivity contribution in [2.24, 2.45) is 0 Å². The number of hydrogen-bond acceptors (Lipinski definition) is 2. The van der Waals surface area contributed by atoms with Gasteiger partial charge in [-0.1, -0.05) is 32.4 Å². The van der Waals surface area contributed by atoms with E-state index in [4.69, 9.17) is 11.6 Å². The van der Waals surface area contributed by atoms with Gasteiger partial charge in [0.15, 0.2) is 0 Å². The molecule has 2 nitrogen and oxygen atoms in total. The summed E-state index contributed by atoms with van der Waals surface area (Å²) in [6, 6.07) is 0. The van der Waals surface area contributed by atoms with Crippen molar-refractivity contribution >= 4 is 21.8 Å². The predicted molar refractivity (Wildman–Crippen MR) is 55.1 cm³/mol. The highest BCUT2D eigenvalue weighted by molar-refractivity contribution is 6.43. The van der Waals surface area contributed by atoms with Crippen LogP contribution in [0, 0.1) is 0 Å². The molecule has 0 aromatic rings. The van der Waals surface area contributed by atoms with Crippen LogP contribution in [0.4, 0.5) is 0 Å². The molecule has 0 heterocycles. The van der Waals surface area contributed by atoms with Gasteiger partial charge in [0.25, 0.3) is 0 Å². The lowest BCUT2D eigenvalue weighted by molar-refractivity contribution is 0.215. The molecule has 1 N–H and O–H groups in total. The molecule has 0 aliphatic heterocycles. The summed E-state index contributed by atoms with van der Waals surface area (Å²) in [4.78, 5) is 2.24. The molecule has 0 aromatic carbocycles. The van der Waals surface area contributed by atoms with E-state index in [1.165, 1.54) is 0 Å². The Morgan fingerprint density at radius 1 is 1.36 bits per heavy atom. The van der Waals surface area contributed by atoms with Gasteiger partial charge in [-0.15, -0.1) is 0 Å². The average molecular weight is 195 g/mol. The molecule has 68 valence electrons. The summed E-state index contributed by atoms with van der Waals surface area (Å²) in [7, 11) is 0.941. The van der Waals surface area contributed by atoms with Gasteiger partial charge in [0.1, 0.15) is 4.75 Å². The lowest BCUT2D eigenvalue weighted by atomic mass is 10.5. The lowest BCUT2D eigenvalue weighted by Gasteiger charge is -2.35. The Morgan fingerprint density at radius 2 is 1.82 bits per heavy atom. The average Bonchev–Trinajstić information content (AvgIpc) is 1.89. The van der Waals surface area contributed by atoms with Crippen LogP contribution >= 0.6 is 11.6 Å². The van der Waals surface area contributed by atoms with Gasteiger partial charge in [0.05, 0.1) is 10.2 Å². The van der Waals surface area contributed by atoms with Crippen molar-refractivity contribution in [3.8, 4) is 0 Å². The topological polar surface area (TPSA) is 15.3 Å². The van der Waals surface area contributed by atoms with Crippen LogP contribution in [0.2, 0.25) is 0 Å². The second-order valence-electron chi connectivity index (χ2n) is 2.66. The van der Waals surface area contributed by atoms with Gasteiger partial charge < -0.3 is 0 Å². The molecular formula is C7H19ClN2Si. The van der Waals surface area contributed by atoms with Gasteiger partial charge in [-0.25, -0.2) is 0 Å². The van der Waals surface area contributed by atoms with Crippen LogP contribution in [0.3, 0.4) is 0 Å². The van der Waals surface area contributed by atoms with E-state index < -0.39 is 0 Å². The minimum atomic E-state index is -0.238. The smallest absolute Gasteiger partial charge is 0.123 e. The number of halogens is 1. The highest BCUT2D eigenvalue weighted by Crippen LogP contribution is 2.11. The third kappa shape index (κ3) is 3.56. The molecule has 0 aliphatic rings. The Bertz CT molecular complexity index is 105. The Kier molecular flexibility index (Phi) is 5.34. The summed E-state index contributed by atoms with van der Waals surface area (Å²) in [6.07, 6.45) is 0. The number of nitrogens with one attached hydrogen (secondary N) is 1. The molecule has 0 saturated heterocycles. The Hall–Kier alpha value is 0.427. The zero-order valence-electron chi connectivity index (χ0n) is 7.95. The summed E-state index contributed by atoms with van der Waals surface area (Å²) >= 11 is 6.28. The Balaban J connectivity index is 4.00. The highest BCUT2D eigenvalue weighted by Gasteiger charge is 2.24. The molecule has 0 rings (SSSR count). The molecule has 11 heavy (non-hydrogen) atoms. The fraction of sp³-hybridized carbons (Fsp3) is 1.00. The number of nitrogens with zero attached hydrogens (tertiary/aromatic N) is 1. The normalized spacial score (nSPS) is 17.2. The van der Waals surface area contributed by atoms with Crippen LogP contribution < -0.4 is 5.32 Å². The van der Waals surface area contributed by atoms with Crippen molar-refractivity contribution in [1.82, 2.24) is 10.2 Å². The fourth-order valence-electron chi connectivity index (χ4n) is 1.25. The third-order valence-electron chi connectivity index (χ3n) is 1.86. The maximum Gasteiger partial charge on any atom is 0.123 e. The summed E-state index contributed by atoms with van der Waals surface area (Å²) in [5.41, 5.74) is 0. The first-order valence-corrected chi connectivity index (χ1v) is 5.65. The first-order chi connectivity index (χ1) is 5.08. The molecule has 0 aromatic heterocycles. The molecule has 0 saturated carbocycles. The van der Waals surface area contributed by atoms with E-state index in [0.29, 0.717) is 0 Å². The summed E-state index contributed by atoms with van der Waals surface area (Å²) in [5, 5.41) is 3.28. The standard InChI is InChI=1S/C7H19ClN2Si/c1-4-9-7(8,11)10(5-2)6-3/h9H,4-6H2,1-3,11H3. The van der Waals surface area contributed by atoms with Crippen LogP contribution in [0.5, 0.6) is 0 Å². The second-order valence-corrected chi connectivity index (χ2v) is 5.47. The Morgan fingerprint density at radius 3 is 2.09 bits per heavy atom. The molecule has 4 heteroatoms. The monoisotopic (exact) mass is 194 g/mol. The first-order valence-electron chi connectivity index (χ1n) is 4.27. The SMILES string of the molecule is CCNC([SiH3])(Cl)N(CC)CC. The van der Waals surface area contributed by atoms with Gasteiger partial charge in [-0.3, -0.25) is 10.2 Å². The zero-order chi connectivity index (χ0) is 8.91. The maximum atomic E-state index is 6.28. The first kappa shape index (κ1) is 11.4. The number of hydrogen-bond donors (Lipinski definition) is 1. The van der Waals surface area contributed by atoms with Crippen molar-refractivity contribution in [3.05, 3.63) is 0 Å².